The van der Waals surface area contributed by atoms with Crippen molar-refractivity contribution >= 4 is 23.6 Å². The first-order chi connectivity index (χ1) is 17.2. The number of likely N-dealkylation sites (tertiary alicyclic amines) is 1. The summed E-state index contributed by atoms with van der Waals surface area (Å²) in [7, 11) is 0. The zero-order chi connectivity index (χ0) is 27.3. The standard InChI is InChI=1S/C26H32ClF3N4O3/c1-15(2)34-22(26(28,29)30)19(13-31-34)23(35)32-10-8-16-11-17(27)12-18(20(16)14-32)21-7-6-9-33(21)24(36)37-25(3,4)5/h11-13,15,21H,6-10,14H2,1-5H3/t21-/m0/s1. The van der Waals surface area contributed by atoms with Gasteiger partial charge >= 0.3 is 12.3 Å². The molecule has 1 fully saturated rings. The van der Waals surface area contributed by atoms with Gasteiger partial charge in [-0.2, -0.15) is 18.3 Å². The summed E-state index contributed by atoms with van der Waals surface area (Å²) >= 11 is 6.44. The Labute approximate surface area is 219 Å². The van der Waals surface area contributed by atoms with E-state index in [1.807, 2.05) is 6.07 Å². The van der Waals surface area contributed by atoms with E-state index in [-0.39, 0.29) is 19.1 Å². The van der Waals surface area contributed by atoms with E-state index in [1.54, 1.807) is 45.6 Å². The first-order valence-corrected chi connectivity index (χ1v) is 12.8. The molecule has 0 N–H and O–H groups in total. The van der Waals surface area contributed by atoms with Crippen LogP contribution in [-0.4, -0.2) is 50.3 Å². The number of amides is 2. The van der Waals surface area contributed by atoms with E-state index in [1.165, 1.54) is 4.90 Å². The van der Waals surface area contributed by atoms with Crippen LogP contribution in [0.15, 0.2) is 18.3 Å². The van der Waals surface area contributed by atoms with Gasteiger partial charge in [-0.05, 0) is 82.7 Å². The van der Waals surface area contributed by atoms with E-state index in [0.717, 1.165) is 34.0 Å². The fourth-order valence-corrected chi connectivity index (χ4v) is 5.37. The Balaban J connectivity index is 1.67. The molecule has 0 bridgehead atoms. The van der Waals surface area contributed by atoms with Crippen LogP contribution in [0.4, 0.5) is 18.0 Å². The lowest BCUT2D eigenvalue weighted by molar-refractivity contribution is -0.145. The number of benzene rings is 1. The van der Waals surface area contributed by atoms with Gasteiger partial charge in [-0.15, -0.1) is 0 Å². The first-order valence-electron chi connectivity index (χ1n) is 12.4. The summed E-state index contributed by atoms with van der Waals surface area (Å²) in [5.41, 5.74) is 0.388. The number of nitrogens with zero attached hydrogens (tertiary/aromatic N) is 4. The van der Waals surface area contributed by atoms with Crippen molar-refractivity contribution in [3.8, 4) is 0 Å². The second kappa shape index (κ2) is 9.85. The number of halogens is 4. The molecule has 1 saturated heterocycles. The molecule has 3 heterocycles. The fraction of sp³-hybridized carbons (Fsp3) is 0.577. The van der Waals surface area contributed by atoms with Gasteiger partial charge in [-0.3, -0.25) is 9.48 Å². The van der Waals surface area contributed by atoms with E-state index >= 15 is 0 Å². The summed E-state index contributed by atoms with van der Waals surface area (Å²) < 4.78 is 48.2. The SMILES string of the molecule is CC(C)n1ncc(C(=O)N2CCc3cc(Cl)cc([C@@H]4CCCN4C(=O)OC(C)(C)C)c3C2)c1C(F)(F)F. The monoisotopic (exact) mass is 540 g/mol. The van der Waals surface area contributed by atoms with Crippen LogP contribution >= 0.6 is 11.6 Å². The smallest absolute Gasteiger partial charge is 0.433 e. The van der Waals surface area contributed by atoms with Crippen molar-refractivity contribution in [1.29, 1.82) is 0 Å². The van der Waals surface area contributed by atoms with Crippen molar-refractivity contribution in [3.63, 3.8) is 0 Å². The van der Waals surface area contributed by atoms with Gasteiger partial charge in [0.1, 0.15) is 5.60 Å². The minimum atomic E-state index is -4.73. The van der Waals surface area contributed by atoms with Gasteiger partial charge in [0.05, 0.1) is 17.8 Å². The van der Waals surface area contributed by atoms with Crippen molar-refractivity contribution in [2.75, 3.05) is 13.1 Å². The number of alkyl halides is 3. The lowest BCUT2D eigenvalue weighted by atomic mass is 9.90. The molecule has 0 aliphatic carbocycles. The minimum Gasteiger partial charge on any atom is -0.444 e. The number of fused-ring (bicyclic) bond motifs is 1. The molecule has 0 radical (unpaired) electrons. The predicted molar refractivity (Wildman–Crippen MR) is 132 cm³/mol. The van der Waals surface area contributed by atoms with Gasteiger partial charge in [0.25, 0.3) is 5.91 Å². The number of rotatable bonds is 3. The largest absolute Gasteiger partial charge is 0.444 e. The molecule has 0 unspecified atom stereocenters. The molecule has 1 aromatic carbocycles. The Morgan fingerprint density at radius 3 is 2.49 bits per heavy atom. The Kier molecular flexibility index (Phi) is 7.27. The molecule has 202 valence electrons. The van der Waals surface area contributed by atoms with E-state index in [0.29, 0.717) is 24.4 Å². The van der Waals surface area contributed by atoms with Crippen LogP contribution in [-0.2, 0) is 23.9 Å². The highest BCUT2D eigenvalue weighted by Crippen LogP contribution is 2.40. The molecule has 0 saturated carbocycles. The predicted octanol–water partition coefficient (Wildman–Crippen LogP) is 6.41. The second-order valence-corrected chi connectivity index (χ2v) is 11.3. The van der Waals surface area contributed by atoms with Crippen LogP contribution in [0, 0.1) is 0 Å². The number of hydrogen-bond acceptors (Lipinski definition) is 4. The van der Waals surface area contributed by atoms with Crippen molar-refractivity contribution < 1.29 is 27.5 Å². The fourth-order valence-electron chi connectivity index (χ4n) is 5.12. The molecule has 2 aliphatic rings. The summed E-state index contributed by atoms with van der Waals surface area (Å²) in [4.78, 5) is 29.4. The first kappa shape index (κ1) is 27.3. The molecular formula is C26H32ClF3N4O3. The molecule has 2 aliphatic heterocycles. The Morgan fingerprint density at radius 2 is 1.86 bits per heavy atom. The maximum atomic E-state index is 13.9. The van der Waals surface area contributed by atoms with Crippen molar-refractivity contribution in [1.82, 2.24) is 19.6 Å². The second-order valence-electron chi connectivity index (χ2n) is 10.9. The van der Waals surface area contributed by atoms with Crippen LogP contribution in [0.3, 0.4) is 0 Å². The third kappa shape index (κ3) is 5.58. The Hall–Kier alpha value is -2.75. The lowest BCUT2D eigenvalue weighted by Crippen LogP contribution is -2.39. The zero-order valence-electron chi connectivity index (χ0n) is 21.7. The molecule has 1 aromatic heterocycles. The topological polar surface area (TPSA) is 67.7 Å². The summed E-state index contributed by atoms with van der Waals surface area (Å²) in [6, 6.07) is 2.76. The summed E-state index contributed by atoms with van der Waals surface area (Å²) in [6.07, 6.45) is -2.24. The molecule has 2 aromatic rings. The molecular weight excluding hydrogens is 509 g/mol. The summed E-state index contributed by atoms with van der Waals surface area (Å²) in [6.45, 7) is 9.46. The molecule has 4 rings (SSSR count). The van der Waals surface area contributed by atoms with E-state index in [9.17, 15) is 22.8 Å². The van der Waals surface area contributed by atoms with Gasteiger partial charge in [0.15, 0.2) is 5.69 Å². The van der Waals surface area contributed by atoms with Crippen LogP contribution in [0.2, 0.25) is 5.02 Å². The Morgan fingerprint density at radius 1 is 1.16 bits per heavy atom. The highest BCUT2D eigenvalue weighted by Gasteiger charge is 2.42. The van der Waals surface area contributed by atoms with Crippen LogP contribution in [0.5, 0.6) is 0 Å². The van der Waals surface area contributed by atoms with Gasteiger partial charge in [-0.1, -0.05) is 11.6 Å². The van der Waals surface area contributed by atoms with Crippen molar-refractivity contribution in [2.24, 2.45) is 0 Å². The molecule has 2 amide bonds. The van der Waals surface area contributed by atoms with Crippen LogP contribution < -0.4 is 0 Å². The maximum absolute atomic E-state index is 13.9. The number of carbonyl (C=O) groups excluding carboxylic acids is 2. The molecule has 11 heteroatoms. The van der Waals surface area contributed by atoms with E-state index < -0.39 is 41.1 Å². The Bertz CT molecular complexity index is 1200. The molecule has 0 spiro atoms. The third-order valence-electron chi connectivity index (χ3n) is 6.65. The molecule has 1 atom stereocenters. The number of aromatic nitrogens is 2. The molecule has 37 heavy (non-hydrogen) atoms. The van der Waals surface area contributed by atoms with Gasteiger partial charge in [-0.25, -0.2) is 4.79 Å². The maximum Gasteiger partial charge on any atom is 0.433 e. The quantitative estimate of drug-likeness (QED) is 0.451. The van der Waals surface area contributed by atoms with E-state index in [2.05, 4.69) is 5.10 Å². The minimum absolute atomic E-state index is 0.115. The normalized spacial score (nSPS) is 18.4. The lowest BCUT2D eigenvalue weighted by Gasteiger charge is -2.34. The number of carbonyl (C=O) groups is 2. The average Bonchev–Trinajstić information content (AvgIpc) is 3.44. The van der Waals surface area contributed by atoms with Gasteiger partial charge < -0.3 is 14.5 Å². The summed E-state index contributed by atoms with van der Waals surface area (Å²) in [5, 5.41) is 4.38. The van der Waals surface area contributed by atoms with Gasteiger partial charge in [0.2, 0.25) is 0 Å². The van der Waals surface area contributed by atoms with E-state index in [4.69, 9.17) is 16.3 Å². The van der Waals surface area contributed by atoms with Crippen molar-refractivity contribution in [2.45, 2.75) is 84.3 Å². The summed E-state index contributed by atoms with van der Waals surface area (Å²) in [5.74, 6) is -0.721. The van der Waals surface area contributed by atoms with Crippen LogP contribution in [0.25, 0.3) is 0 Å². The van der Waals surface area contributed by atoms with Crippen molar-refractivity contribution in [3.05, 3.63) is 51.3 Å². The molecule has 7 nitrogen and oxygen atoms in total. The highest BCUT2D eigenvalue weighted by atomic mass is 35.5. The number of ether oxygens (including phenoxy) is 1. The third-order valence-corrected chi connectivity index (χ3v) is 6.87. The zero-order valence-corrected chi connectivity index (χ0v) is 22.4. The van der Waals surface area contributed by atoms with Gasteiger partial charge in [0, 0.05) is 30.7 Å². The van der Waals surface area contributed by atoms with Crippen LogP contribution in [0.1, 0.15) is 92.3 Å². The highest BCUT2D eigenvalue weighted by molar-refractivity contribution is 6.30. The average molecular weight is 541 g/mol. The number of hydrogen-bond donors (Lipinski definition) is 0.